The molecule has 5 aromatic rings. The Hall–Kier alpha value is -9.84. The average Bonchev–Trinajstić information content (AvgIpc) is 3.81. The summed E-state index contributed by atoms with van der Waals surface area (Å²) in [6, 6.07) is 35.4. The van der Waals surface area contributed by atoms with Gasteiger partial charge < -0.3 is 9.47 Å². The Morgan fingerprint density at radius 3 is 0.984 bits per heavy atom. The van der Waals surface area contributed by atoms with Crippen molar-refractivity contribution in [2.24, 2.45) is 0 Å². The minimum absolute atomic E-state index is 0.0159. The lowest BCUT2D eigenvalue weighted by Crippen LogP contribution is -2.22. The van der Waals surface area contributed by atoms with E-state index in [1.165, 1.54) is 60.7 Å². The molecule has 0 saturated carbocycles. The number of hydrogen-bond acceptors (Lipinski definition) is 10. The van der Waals surface area contributed by atoms with Crippen LogP contribution in [0.1, 0.15) is 66.8 Å². The predicted octanol–water partition coefficient (Wildman–Crippen LogP) is 10.7. The average molecular weight is 851 g/mol. The first-order chi connectivity index (χ1) is 30.6. The highest BCUT2D eigenvalue weighted by atomic mass is 19.4. The number of alkyl halides is 6. The molecule has 302 valence electrons. The molecule has 5 aromatic carbocycles. The Balaban J connectivity index is 1.87. The summed E-state index contributed by atoms with van der Waals surface area (Å²) in [6.07, 6.45) is -11.4. The van der Waals surface area contributed by atoms with E-state index in [4.69, 9.17) is 9.47 Å². The van der Waals surface area contributed by atoms with Gasteiger partial charge in [-0.1, -0.05) is 60.7 Å². The standard InChI is InChI=1S/C48H16F6N8O2/c49-47(50,51)63-45-41-35(23-61)37(29-7-3-1-4-8-29)39(33(21-59)31-13-25(17-55)11-26(14-31)18-56)43(41)46(64-48(52,53)54)44-40(34(22-60)32-15-27(19-57)12-28(16-32)20-58)38(36(24-62)42(44)45)30-9-5-2-6-10-30/h1-16H/b39-33+,40-34+. The van der Waals surface area contributed by atoms with Gasteiger partial charge in [0.2, 0.25) is 0 Å². The van der Waals surface area contributed by atoms with E-state index in [9.17, 15) is 55.3 Å². The molecule has 64 heavy (non-hydrogen) atoms. The van der Waals surface area contributed by atoms with Crippen LogP contribution >= 0.6 is 0 Å². The number of nitriles is 8. The van der Waals surface area contributed by atoms with E-state index in [0.29, 0.717) is 0 Å². The summed E-state index contributed by atoms with van der Waals surface area (Å²) in [5, 5.41) is 83.2. The molecule has 0 heterocycles. The minimum atomic E-state index is -5.74. The molecule has 0 aromatic heterocycles. The second-order valence-electron chi connectivity index (χ2n) is 13.5. The summed E-state index contributed by atoms with van der Waals surface area (Å²) in [4.78, 5) is 0. The zero-order chi connectivity index (χ0) is 46.1. The summed E-state index contributed by atoms with van der Waals surface area (Å²) >= 11 is 0. The summed E-state index contributed by atoms with van der Waals surface area (Å²) < 4.78 is 100. The Bertz CT molecular complexity index is 3110. The van der Waals surface area contributed by atoms with E-state index in [1.54, 1.807) is 12.1 Å². The van der Waals surface area contributed by atoms with Crippen LogP contribution in [0.4, 0.5) is 26.3 Å². The fraction of sp³-hybridized carbons (Fsp3) is 0.0417. The van der Waals surface area contributed by atoms with Crippen LogP contribution in [0.25, 0.3) is 44.6 Å². The van der Waals surface area contributed by atoms with E-state index in [-0.39, 0.29) is 44.5 Å². The van der Waals surface area contributed by atoms with Gasteiger partial charge in [-0.05, 0) is 58.7 Å². The van der Waals surface area contributed by atoms with Crippen molar-refractivity contribution in [1.82, 2.24) is 0 Å². The van der Waals surface area contributed by atoms with Crippen LogP contribution in [-0.2, 0) is 0 Å². The molecule has 0 aliphatic heterocycles. The third-order valence-corrected chi connectivity index (χ3v) is 9.88. The molecule has 0 saturated heterocycles. The van der Waals surface area contributed by atoms with Gasteiger partial charge in [0.05, 0.1) is 68.8 Å². The number of halogens is 6. The Morgan fingerprint density at radius 2 is 0.719 bits per heavy atom. The van der Waals surface area contributed by atoms with Crippen molar-refractivity contribution < 1.29 is 35.8 Å². The first kappa shape index (κ1) is 42.3. The van der Waals surface area contributed by atoms with Gasteiger partial charge in [-0.15, -0.1) is 26.3 Å². The Kier molecular flexibility index (Phi) is 10.8. The lowest BCUT2D eigenvalue weighted by molar-refractivity contribution is -0.277. The normalized spacial score (nSPS) is 14.2. The number of ether oxygens (including phenoxy) is 2. The van der Waals surface area contributed by atoms with Crippen molar-refractivity contribution in [3.8, 4) is 60.1 Å². The fourth-order valence-electron chi connectivity index (χ4n) is 7.69. The maximum Gasteiger partial charge on any atom is 0.573 e. The molecule has 0 bridgehead atoms. The van der Waals surface area contributed by atoms with E-state index in [2.05, 4.69) is 0 Å². The number of allylic oxidation sites excluding steroid dienone is 8. The molecule has 0 N–H and O–H groups in total. The van der Waals surface area contributed by atoms with E-state index in [0.717, 1.165) is 36.4 Å². The van der Waals surface area contributed by atoms with Gasteiger partial charge in [0.1, 0.15) is 35.8 Å². The summed E-state index contributed by atoms with van der Waals surface area (Å²) in [5.41, 5.74) is -10.3. The fourth-order valence-corrected chi connectivity index (χ4v) is 7.69. The second kappa shape index (κ2) is 16.3. The number of fused-ring (bicyclic) bond motifs is 2. The summed E-state index contributed by atoms with van der Waals surface area (Å²) in [6.45, 7) is 0. The topological polar surface area (TPSA) is 209 Å². The quantitative estimate of drug-likeness (QED) is 0.117. The van der Waals surface area contributed by atoms with Gasteiger partial charge >= 0.3 is 12.7 Å². The van der Waals surface area contributed by atoms with Crippen molar-refractivity contribution >= 4 is 44.6 Å². The maximum absolute atomic E-state index is 15.2. The van der Waals surface area contributed by atoms with Crippen LogP contribution in [0, 0.1) is 90.6 Å². The van der Waals surface area contributed by atoms with Crippen LogP contribution in [0.5, 0.6) is 11.5 Å². The highest BCUT2D eigenvalue weighted by Crippen LogP contribution is 2.64. The van der Waals surface area contributed by atoms with Gasteiger partial charge in [-0.2, -0.15) is 42.1 Å². The maximum atomic E-state index is 15.2. The Labute approximate surface area is 358 Å². The molecule has 2 aliphatic carbocycles. The highest BCUT2D eigenvalue weighted by Gasteiger charge is 2.49. The van der Waals surface area contributed by atoms with Crippen LogP contribution in [0.2, 0.25) is 0 Å². The predicted molar refractivity (Wildman–Crippen MR) is 214 cm³/mol. The Morgan fingerprint density at radius 1 is 0.406 bits per heavy atom. The largest absolute Gasteiger partial charge is 0.573 e. The molecular weight excluding hydrogens is 835 g/mol. The molecule has 0 radical (unpaired) electrons. The van der Waals surface area contributed by atoms with Crippen molar-refractivity contribution in [3.05, 3.63) is 164 Å². The molecule has 7 rings (SSSR count). The summed E-state index contributed by atoms with van der Waals surface area (Å²) in [7, 11) is 0. The molecule has 0 amide bonds. The molecule has 0 fully saturated rings. The van der Waals surface area contributed by atoms with Crippen LogP contribution < -0.4 is 9.47 Å². The SMILES string of the molecule is N#CC1=C(c2ccccc2)/C(=C(/C#N)c2cc(C#N)cc(C#N)c2)c2c(OC(F)(F)F)c3c(c(OC(F)(F)F)c21)C(C#N)=C(c1ccccc1)/C3=C(/C#N)c1cc(C#N)cc(C#N)c1. The van der Waals surface area contributed by atoms with E-state index in [1.807, 2.05) is 36.4 Å². The first-order valence-electron chi connectivity index (χ1n) is 18.0. The third kappa shape index (κ3) is 7.36. The lowest BCUT2D eigenvalue weighted by atomic mass is 9.84. The highest BCUT2D eigenvalue weighted by molar-refractivity contribution is 6.36. The lowest BCUT2D eigenvalue weighted by Gasteiger charge is -2.24. The number of hydrogen-bond donors (Lipinski definition) is 0. The van der Waals surface area contributed by atoms with Crippen LogP contribution in [-0.4, -0.2) is 12.7 Å². The molecule has 0 spiro atoms. The monoisotopic (exact) mass is 850 g/mol. The molecule has 0 unspecified atom stereocenters. The van der Waals surface area contributed by atoms with E-state index < -0.39 is 91.1 Å². The van der Waals surface area contributed by atoms with Crippen molar-refractivity contribution in [2.45, 2.75) is 12.7 Å². The molecule has 0 atom stereocenters. The number of benzene rings is 5. The van der Waals surface area contributed by atoms with Crippen molar-refractivity contribution in [1.29, 1.82) is 42.1 Å². The number of rotatable bonds is 6. The second-order valence-corrected chi connectivity index (χ2v) is 13.5. The molecule has 10 nitrogen and oxygen atoms in total. The summed E-state index contributed by atoms with van der Waals surface area (Å²) in [5.74, 6) is -2.77. The molecule has 2 aliphatic rings. The van der Waals surface area contributed by atoms with Gasteiger partial charge in [0.15, 0.2) is 0 Å². The zero-order valence-corrected chi connectivity index (χ0v) is 31.9. The first-order valence-corrected chi connectivity index (χ1v) is 18.0. The van der Waals surface area contributed by atoms with E-state index >= 15 is 13.2 Å². The van der Waals surface area contributed by atoms with Crippen LogP contribution in [0.15, 0.2) is 97.1 Å². The zero-order valence-electron chi connectivity index (χ0n) is 31.9. The minimum Gasteiger partial charge on any atom is -0.404 e. The van der Waals surface area contributed by atoms with Gasteiger partial charge in [-0.3, -0.25) is 0 Å². The van der Waals surface area contributed by atoms with Gasteiger partial charge in [-0.25, -0.2) is 0 Å². The number of nitrogens with zero attached hydrogens (tertiary/aromatic N) is 8. The molecular formula is C48H16F6N8O2. The van der Waals surface area contributed by atoms with Crippen molar-refractivity contribution in [2.75, 3.05) is 0 Å². The molecule has 16 heteroatoms. The third-order valence-electron chi connectivity index (χ3n) is 9.88. The van der Waals surface area contributed by atoms with Gasteiger partial charge in [0.25, 0.3) is 0 Å². The van der Waals surface area contributed by atoms with Crippen molar-refractivity contribution in [3.63, 3.8) is 0 Å². The van der Waals surface area contributed by atoms with Crippen LogP contribution in [0.3, 0.4) is 0 Å². The van der Waals surface area contributed by atoms with Gasteiger partial charge in [0, 0.05) is 44.5 Å². The smallest absolute Gasteiger partial charge is 0.404 e.